The van der Waals surface area contributed by atoms with Crippen molar-refractivity contribution in [1.82, 2.24) is 0 Å². The van der Waals surface area contributed by atoms with Gasteiger partial charge in [-0.05, 0) is 52.2 Å². The highest BCUT2D eigenvalue weighted by molar-refractivity contribution is 9.10. The summed E-state index contributed by atoms with van der Waals surface area (Å²) in [7, 11) is -3.70. The smallest absolute Gasteiger partial charge is 0.302 e. The number of halogens is 1. The monoisotopic (exact) mass is 411 g/mol. The van der Waals surface area contributed by atoms with E-state index in [1.807, 2.05) is 19.1 Å². The van der Waals surface area contributed by atoms with Crippen LogP contribution in [-0.4, -0.2) is 21.0 Å². The first-order valence-corrected chi connectivity index (χ1v) is 9.57. The van der Waals surface area contributed by atoms with Gasteiger partial charge in [0.05, 0.1) is 6.61 Å². The van der Waals surface area contributed by atoms with Crippen molar-refractivity contribution in [1.29, 1.82) is 0 Å². The van der Waals surface area contributed by atoms with Crippen molar-refractivity contribution in [2.24, 2.45) is 0 Å². The van der Waals surface area contributed by atoms with Crippen LogP contribution in [0.3, 0.4) is 0 Å². The molecule has 1 N–H and O–H groups in total. The Morgan fingerprint density at radius 1 is 1.21 bits per heavy atom. The van der Waals surface area contributed by atoms with Gasteiger partial charge in [-0.25, -0.2) is 8.42 Å². The molecule has 2 rings (SSSR count). The molecule has 7 heteroatoms. The van der Waals surface area contributed by atoms with Gasteiger partial charge in [-0.1, -0.05) is 24.3 Å². The van der Waals surface area contributed by atoms with Crippen molar-refractivity contribution in [2.75, 3.05) is 11.3 Å². The number of hydrogen-bond acceptors (Lipinski definition) is 4. The van der Waals surface area contributed by atoms with Crippen LogP contribution in [0, 0.1) is 6.92 Å². The zero-order chi connectivity index (χ0) is 17.7. The molecule has 0 aromatic heterocycles. The molecule has 0 bridgehead atoms. The zero-order valence-corrected chi connectivity index (χ0v) is 15.8. The summed E-state index contributed by atoms with van der Waals surface area (Å²) in [5.74, 6) is -0.337. The predicted octanol–water partition coefficient (Wildman–Crippen LogP) is 3.66. The summed E-state index contributed by atoms with van der Waals surface area (Å²) < 4.78 is 33.2. The summed E-state index contributed by atoms with van der Waals surface area (Å²) >= 11 is 3.32. The summed E-state index contributed by atoms with van der Waals surface area (Å²) in [6, 6.07) is 12.1. The Balaban J connectivity index is 2.18. The number of aryl methyl sites for hydroxylation is 1. The molecule has 128 valence electrons. The first kappa shape index (κ1) is 18.5. The molecule has 24 heavy (non-hydrogen) atoms. The third kappa shape index (κ3) is 4.82. The van der Waals surface area contributed by atoms with E-state index in [4.69, 9.17) is 4.74 Å². The fourth-order valence-electron chi connectivity index (χ4n) is 2.14. The molecule has 0 saturated carbocycles. The first-order valence-electron chi connectivity index (χ1n) is 7.30. The van der Waals surface area contributed by atoms with Crippen LogP contribution in [0.15, 0.2) is 51.8 Å². The van der Waals surface area contributed by atoms with Crippen molar-refractivity contribution in [2.45, 2.75) is 25.2 Å². The van der Waals surface area contributed by atoms with E-state index in [0.717, 1.165) is 11.1 Å². The number of sulfonamides is 1. The van der Waals surface area contributed by atoms with Crippen molar-refractivity contribution < 1.29 is 17.9 Å². The van der Waals surface area contributed by atoms with Gasteiger partial charge >= 0.3 is 5.97 Å². The molecule has 0 aliphatic carbocycles. The topological polar surface area (TPSA) is 72.5 Å². The van der Waals surface area contributed by atoms with Gasteiger partial charge in [0, 0.05) is 23.5 Å². The maximum Gasteiger partial charge on any atom is 0.302 e. The van der Waals surface area contributed by atoms with Crippen LogP contribution in [0.1, 0.15) is 18.1 Å². The molecule has 0 atom stereocenters. The number of anilines is 1. The molecule has 0 spiro atoms. The highest BCUT2D eigenvalue weighted by Gasteiger charge is 2.18. The molecule has 0 heterocycles. The van der Waals surface area contributed by atoms with Crippen LogP contribution >= 0.6 is 15.9 Å². The summed E-state index contributed by atoms with van der Waals surface area (Å²) in [5.41, 5.74) is 2.18. The van der Waals surface area contributed by atoms with Crippen LogP contribution in [0.25, 0.3) is 0 Å². The van der Waals surface area contributed by atoms with Gasteiger partial charge in [0.1, 0.15) is 4.90 Å². The van der Waals surface area contributed by atoms with E-state index in [0.29, 0.717) is 16.6 Å². The van der Waals surface area contributed by atoms with E-state index in [1.165, 1.54) is 6.92 Å². The minimum Gasteiger partial charge on any atom is -0.466 e. The second kappa shape index (κ2) is 7.81. The minimum atomic E-state index is -3.70. The molecule has 0 fully saturated rings. The summed E-state index contributed by atoms with van der Waals surface area (Å²) in [4.78, 5) is 11.0. The normalized spacial score (nSPS) is 11.1. The van der Waals surface area contributed by atoms with Gasteiger partial charge in [0.15, 0.2) is 0 Å². The maximum absolute atomic E-state index is 12.6. The Hall–Kier alpha value is -1.86. The summed E-state index contributed by atoms with van der Waals surface area (Å²) in [5, 5.41) is 0. The Kier molecular flexibility index (Phi) is 6.01. The number of hydrogen-bond donors (Lipinski definition) is 1. The standard InChI is InChI=1S/C17H18BrNO4S/c1-12-5-3-8-16(17(12)18)24(21,22)19-15-7-4-6-14(11-15)9-10-23-13(2)20/h3-8,11,19H,9-10H2,1-2H3. The SMILES string of the molecule is CC(=O)OCCc1cccc(NS(=O)(=O)c2cccc(C)c2Br)c1. The summed E-state index contributed by atoms with van der Waals surface area (Å²) in [6.45, 7) is 3.44. The second-order valence-electron chi connectivity index (χ2n) is 5.28. The van der Waals surface area contributed by atoms with Crippen LogP contribution in [0.4, 0.5) is 5.69 Å². The van der Waals surface area contributed by atoms with E-state index in [9.17, 15) is 13.2 Å². The van der Waals surface area contributed by atoms with E-state index in [1.54, 1.807) is 30.3 Å². The highest BCUT2D eigenvalue weighted by Crippen LogP contribution is 2.27. The van der Waals surface area contributed by atoms with Crippen molar-refractivity contribution >= 4 is 37.6 Å². The minimum absolute atomic E-state index is 0.188. The average molecular weight is 412 g/mol. The van der Waals surface area contributed by atoms with E-state index in [2.05, 4.69) is 20.7 Å². The molecule has 0 aliphatic rings. The van der Waals surface area contributed by atoms with Crippen LogP contribution < -0.4 is 4.72 Å². The van der Waals surface area contributed by atoms with Crippen LogP contribution in [0.5, 0.6) is 0 Å². The van der Waals surface area contributed by atoms with E-state index >= 15 is 0 Å². The highest BCUT2D eigenvalue weighted by atomic mass is 79.9. The van der Waals surface area contributed by atoms with Crippen LogP contribution in [-0.2, 0) is 26.0 Å². The van der Waals surface area contributed by atoms with Gasteiger partial charge in [0.2, 0.25) is 0 Å². The Labute approximate surface area is 150 Å². The van der Waals surface area contributed by atoms with Gasteiger partial charge < -0.3 is 4.74 Å². The van der Waals surface area contributed by atoms with Crippen LogP contribution in [0.2, 0.25) is 0 Å². The Morgan fingerprint density at radius 2 is 1.92 bits per heavy atom. The lowest BCUT2D eigenvalue weighted by atomic mass is 10.1. The van der Waals surface area contributed by atoms with Crippen molar-refractivity contribution in [3.05, 3.63) is 58.1 Å². The third-order valence-electron chi connectivity index (χ3n) is 3.32. The third-order valence-corrected chi connectivity index (χ3v) is 6.06. The first-order chi connectivity index (χ1) is 11.3. The molecule has 0 aliphatic heterocycles. The largest absolute Gasteiger partial charge is 0.466 e. The quantitative estimate of drug-likeness (QED) is 0.735. The molecule has 0 unspecified atom stereocenters. The lowest BCUT2D eigenvalue weighted by Crippen LogP contribution is -2.14. The fraction of sp³-hybridized carbons (Fsp3) is 0.235. The Morgan fingerprint density at radius 3 is 2.62 bits per heavy atom. The van der Waals surface area contributed by atoms with E-state index < -0.39 is 10.0 Å². The maximum atomic E-state index is 12.6. The van der Waals surface area contributed by atoms with Gasteiger partial charge in [0.25, 0.3) is 10.0 Å². The van der Waals surface area contributed by atoms with Gasteiger partial charge in [-0.15, -0.1) is 0 Å². The van der Waals surface area contributed by atoms with Crippen molar-refractivity contribution in [3.8, 4) is 0 Å². The molecule has 2 aromatic rings. The predicted molar refractivity (Wildman–Crippen MR) is 96.5 cm³/mol. The number of ether oxygens (including phenoxy) is 1. The fourth-order valence-corrected chi connectivity index (χ4v) is 4.25. The second-order valence-corrected chi connectivity index (χ2v) is 7.73. The zero-order valence-electron chi connectivity index (χ0n) is 13.4. The molecule has 0 amide bonds. The molecule has 0 saturated heterocycles. The number of benzene rings is 2. The number of carbonyl (C=O) groups excluding carboxylic acids is 1. The lowest BCUT2D eigenvalue weighted by molar-refractivity contribution is -0.140. The molecular formula is C17H18BrNO4S. The number of rotatable bonds is 6. The molecule has 0 radical (unpaired) electrons. The number of nitrogens with one attached hydrogen (secondary N) is 1. The van der Waals surface area contributed by atoms with Crippen molar-refractivity contribution in [3.63, 3.8) is 0 Å². The average Bonchev–Trinajstić information content (AvgIpc) is 2.49. The number of carbonyl (C=O) groups is 1. The molecule has 2 aromatic carbocycles. The van der Waals surface area contributed by atoms with E-state index in [-0.39, 0.29) is 17.5 Å². The lowest BCUT2D eigenvalue weighted by Gasteiger charge is -2.12. The molecule has 5 nitrogen and oxygen atoms in total. The summed E-state index contributed by atoms with van der Waals surface area (Å²) in [6.07, 6.45) is 0.517. The van der Waals surface area contributed by atoms with Gasteiger partial charge in [-0.2, -0.15) is 0 Å². The number of esters is 1. The molecular weight excluding hydrogens is 394 g/mol. The van der Waals surface area contributed by atoms with Gasteiger partial charge in [-0.3, -0.25) is 9.52 Å². The Bertz CT molecular complexity index is 849.